The van der Waals surface area contributed by atoms with E-state index in [0.29, 0.717) is 11.8 Å². The van der Waals surface area contributed by atoms with E-state index >= 15 is 0 Å². The number of hydrogen-bond acceptors (Lipinski definition) is 2. The largest absolute Gasteiger partial charge is 0.384 e. The Bertz CT molecular complexity index is 326. The van der Waals surface area contributed by atoms with E-state index in [4.69, 9.17) is 5.73 Å². The van der Waals surface area contributed by atoms with Gasteiger partial charge in [-0.1, -0.05) is 27.7 Å². The van der Waals surface area contributed by atoms with Gasteiger partial charge in [-0.15, -0.1) is 0 Å². The molecule has 3 heteroatoms. The maximum absolute atomic E-state index is 6.13. The molecule has 1 aromatic rings. The van der Waals surface area contributed by atoms with Gasteiger partial charge in [0.25, 0.3) is 0 Å². The number of nitrogen functional groups attached to an aromatic ring is 1. The summed E-state index contributed by atoms with van der Waals surface area (Å²) in [7, 11) is 0. The van der Waals surface area contributed by atoms with Crippen molar-refractivity contribution in [3.05, 3.63) is 11.5 Å². The molecule has 1 aromatic heterocycles. The summed E-state index contributed by atoms with van der Waals surface area (Å²) in [5.41, 5.74) is 7.20. The number of hydrogen-bond donors (Lipinski definition) is 1. The van der Waals surface area contributed by atoms with Crippen molar-refractivity contribution in [1.29, 1.82) is 0 Å². The lowest BCUT2D eigenvalue weighted by Gasteiger charge is -2.09. The minimum Gasteiger partial charge on any atom is -0.384 e. The van der Waals surface area contributed by atoms with Crippen molar-refractivity contribution in [3.8, 4) is 0 Å². The van der Waals surface area contributed by atoms with E-state index in [1.807, 2.05) is 0 Å². The van der Waals surface area contributed by atoms with Gasteiger partial charge in [0.05, 0.1) is 5.69 Å². The fraction of sp³-hybridized carbons (Fsp3) is 0.750. The first-order valence-corrected chi connectivity index (χ1v) is 5.88. The summed E-state index contributed by atoms with van der Waals surface area (Å²) in [6.07, 6.45) is 1.09. The molecule has 86 valence electrons. The zero-order valence-corrected chi connectivity index (χ0v) is 10.5. The van der Waals surface area contributed by atoms with Crippen LogP contribution in [0.15, 0.2) is 0 Å². The van der Waals surface area contributed by atoms with E-state index in [-0.39, 0.29) is 0 Å². The molecule has 0 radical (unpaired) electrons. The van der Waals surface area contributed by atoms with Crippen molar-refractivity contribution in [2.75, 3.05) is 5.73 Å². The molecule has 0 aromatic carbocycles. The van der Waals surface area contributed by atoms with Gasteiger partial charge in [-0.3, -0.25) is 0 Å². The molecule has 0 saturated carbocycles. The molecule has 1 rings (SSSR count). The third-order valence-electron chi connectivity index (χ3n) is 2.98. The van der Waals surface area contributed by atoms with E-state index in [1.165, 1.54) is 0 Å². The second kappa shape index (κ2) is 4.69. The molecular weight excluding hydrogens is 186 g/mol. The summed E-state index contributed by atoms with van der Waals surface area (Å²) in [6.45, 7) is 11.7. The highest BCUT2D eigenvalue weighted by Gasteiger charge is 2.18. The molecule has 2 N–H and O–H groups in total. The van der Waals surface area contributed by atoms with E-state index in [9.17, 15) is 0 Å². The van der Waals surface area contributed by atoms with E-state index in [1.54, 1.807) is 0 Å². The average molecular weight is 209 g/mol. The van der Waals surface area contributed by atoms with Crippen molar-refractivity contribution >= 4 is 5.82 Å². The number of imidazole rings is 1. The van der Waals surface area contributed by atoms with Crippen LogP contribution in [0.1, 0.15) is 64.4 Å². The molecule has 0 saturated heterocycles. The SMILES string of the molecule is CCC(C)c1nc(C(C)C)n(CC)c1N. The van der Waals surface area contributed by atoms with Crippen molar-refractivity contribution in [2.24, 2.45) is 0 Å². The Hall–Kier alpha value is -0.990. The number of rotatable bonds is 4. The first kappa shape index (κ1) is 12.1. The van der Waals surface area contributed by atoms with Crippen LogP contribution in [0.25, 0.3) is 0 Å². The summed E-state index contributed by atoms with van der Waals surface area (Å²) < 4.78 is 2.13. The molecule has 1 atom stereocenters. The minimum absolute atomic E-state index is 0.435. The third-order valence-corrected chi connectivity index (χ3v) is 2.98. The maximum Gasteiger partial charge on any atom is 0.127 e. The van der Waals surface area contributed by atoms with Crippen molar-refractivity contribution < 1.29 is 0 Å². The summed E-state index contributed by atoms with van der Waals surface area (Å²) in [5.74, 6) is 2.86. The van der Waals surface area contributed by atoms with Crippen molar-refractivity contribution in [2.45, 2.75) is 59.4 Å². The lowest BCUT2D eigenvalue weighted by atomic mass is 10.1. The van der Waals surface area contributed by atoms with Gasteiger partial charge in [-0.2, -0.15) is 0 Å². The van der Waals surface area contributed by atoms with E-state index in [2.05, 4.69) is 44.2 Å². The Kier molecular flexibility index (Phi) is 3.77. The molecule has 1 unspecified atom stereocenters. The zero-order valence-electron chi connectivity index (χ0n) is 10.5. The van der Waals surface area contributed by atoms with Crippen LogP contribution >= 0.6 is 0 Å². The fourth-order valence-corrected chi connectivity index (χ4v) is 1.83. The van der Waals surface area contributed by atoms with Crippen LogP contribution in [0.3, 0.4) is 0 Å². The standard InChI is InChI=1S/C12H23N3/c1-6-9(5)10-11(13)15(7-2)12(14-10)8(3)4/h8-9H,6-7,13H2,1-5H3. The molecule has 0 amide bonds. The van der Waals surface area contributed by atoms with Gasteiger partial charge >= 0.3 is 0 Å². The quantitative estimate of drug-likeness (QED) is 0.828. The molecule has 0 spiro atoms. The highest BCUT2D eigenvalue weighted by atomic mass is 15.1. The van der Waals surface area contributed by atoms with Crippen LogP contribution in [-0.2, 0) is 6.54 Å². The van der Waals surface area contributed by atoms with Gasteiger partial charge in [0.15, 0.2) is 0 Å². The maximum atomic E-state index is 6.13. The predicted molar refractivity (Wildman–Crippen MR) is 65.1 cm³/mol. The van der Waals surface area contributed by atoms with E-state index in [0.717, 1.165) is 30.3 Å². The lowest BCUT2D eigenvalue weighted by Crippen LogP contribution is -2.07. The summed E-state index contributed by atoms with van der Waals surface area (Å²) in [4.78, 5) is 4.69. The molecule has 3 nitrogen and oxygen atoms in total. The molecule has 0 aliphatic heterocycles. The highest BCUT2D eigenvalue weighted by molar-refractivity contribution is 5.41. The first-order valence-electron chi connectivity index (χ1n) is 5.88. The number of anilines is 1. The Labute approximate surface area is 92.7 Å². The minimum atomic E-state index is 0.435. The van der Waals surface area contributed by atoms with Crippen LogP contribution in [0.4, 0.5) is 5.82 Å². The Morgan fingerprint density at radius 1 is 1.27 bits per heavy atom. The van der Waals surface area contributed by atoms with Gasteiger partial charge < -0.3 is 10.3 Å². The summed E-state index contributed by atoms with van der Waals surface area (Å²) in [6, 6.07) is 0. The molecule has 0 aliphatic carbocycles. The van der Waals surface area contributed by atoms with Crippen molar-refractivity contribution in [3.63, 3.8) is 0 Å². The van der Waals surface area contributed by atoms with Crippen LogP contribution in [0.5, 0.6) is 0 Å². The number of nitrogens with two attached hydrogens (primary N) is 1. The molecular formula is C12H23N3. The topological polar surface area (TPSA) is 43.8 Å². The second-order valence-corrected chi connectivity index (χ2v) is 4.45. The van der Waals surface area contributed by atoms with Crippen LogP contribution in [0, 0.1) is 0 Å². The highest BCUT2D eigenvalue weighted by Crippen LogP contribution is 2.28. The van der Waals surface area contributed by atoms with Gasteiger partial charge in [-0.25, -0.2) is 4.98 Å². The monoisotopic (exact) mass is 209 g/mol. The molecule has 15 heavy (non-hydrogen) atoms. The third kappa shape index (κ3) is 2.16. The molecule has 0 aliphatic rings. The van der Waals surface area contributed by atoms with Crippen LogP contribution in [-0.4, -0.2) is 9.55 Å². The Morgan fingerprint density at radius 2 is 1.87 bits per heavy atom. The normalized spacial score (nSPS) is 13.5. The zero-order chi connectivity index (χ0) is 11.6. The van der Waals surface area contributed by atoms with Crippen molar-refractivity contribution in [1.82, 2.24) is 9.55 Å². The molecule has 1 heterocycles. The summed E-state index contributed by atoms with van der Waals surface area (Å²) >= 11 is 0. The second-order valence-electron chi connectivity index (χ2n) is 4.45. The fourth-order valence-electron chi connectivity index (χ4n) is 1.83. The lowest BCUT2D eigenvalue weighted by molar-refractivity contribution is 0.656. The van der Waals surface area contributed by atoms with E-state index < -0.39 is 0 Å². The van der Waals surface area contributed by atoms with Gasteiger partial charge in [0.1, 0.15) is 11.6 Å². The van der Waals surface area contributed by atoms with Gasteiger partial charge in [0, 0.05) is 18.4 Å². The molecule has 0 bridgehead atoms. The number of aromatic nitrogens is 2. The van der Waals surface area contributed by atoms with Crippen LogP contribution < -0.4 is 5.73 Å². The smallest absolute Gasteiger partial charge is 0.127 e. The summed E-state index contributed by atoms with van der Waals surface area (Å²) in [5, 5.41) is 0. The van der Waals surface area contributed by atoms with Gasteiger partial charge in [0.2, 0.25) is 0 Å². The average Bonchev–Trinajstić information content (AvgIpc) is 2.54. The first-order chi connectivity index (χ1) is 7.02. The van der Waals surface area contributed by atoms with Gasteiger partial charge in [-0.05, 0) is 13.3 Å². The Balaban J connectivity index is 3.20. The molecule has 0 fully saturated rings. The Morgan fingerprint density at radius 3 is 2.20 bits per heavy atom. The predicted octanol–water partition coefficient (Wildman–Crippen LogP) is 3.12. The van der Waals surface area contributed by atoms with Crippen LogP contribution in [0.2, 0.25) is 0 Å². The number of nitrogens with zero attached hydrogens (tertiary/aromatic N) is 2.